The Morgan fingerprint density at radius 3 is 2.65 bits per heavy atom. The third kappa shape index (κ3) is 2.75. The zero-order valence-electron chi connectivity index (χ0n) is 12.3. The standard InChI is InChI=1S/C16H24N2O2/c1-13-7-12-20-15(13)16(19)18-9-4-8-17(10-11-18)14-5-2-3-6-14/h7,12,14H,2-6,8-11H2,1H3. The van der Waals surface area contributed by atoms with E-state index >= 15 is 0 Å². The quantitative estimate of drug-likeness (QED) is 0.833. The SMILES string of the molecule is Cc1ccoc1C(=O)N1CCCN(C2CCCC2)CC1. The van der Waals surface area contributed by atoms with E-state index in [0.29, 0.717) is 5.76 Å². The molecule has 1 saturated heterocycles. The van der Waals surface area contributed by atoms with E-state index in [1.807, 2.05) is 17.9 Å². The van der Waals surface area contributed by atoms with Gasteiger partial charge >= 0.3 is 0 Å². The van der Waals surface area contributed by atoms with Crippen molar-refractivity contribution in [1.82, 2.24) is 9.80 Å². The maximum Gasteiger partial charge on any atom is 0.289 e. The maximum atomic E-state index is 12.5. The van der Waals surface area contributed by atoms with Gasteiger partial charge in [0, 0.05) is 37.8 Å². The number of amides is 1. The number of carbonyl (C=O) groups is 1. The van der Waals surface area contributed by atoms with Crippen molar-refractivity contribution in [3.8, 4) is 0 Å². The number of carbonyl (C=O) groups excluding carboxylic acids is 1. The van der Waals surface area contributed by atoms with Crippen molar-refractivity contribution < 1.29 is 9.21 Å². The Morgan fingerprint density at radius 1 is 1.15 bits per heavy atom. The molecule has 2 heterocycles. The molecule has 4 nitrogen and oxygen atoms in total. The Hall–Kier alpha value is -1.29. The van der Waals surface area contributed by atoms with Crippen molar-refractivity contribution >= 4 is 5.91 Å². The van der Waals surface area contributed by atoms with E-state index in [0.717, 1.165) is 44.2 Å². The molecular formula is C16H24N2O2. The average molecular weight is 276 g/mol. The minimum absolute atomic E-state index is 0.0563. The monoisotopic (exact) mass is 276 g/mol. The summed E-state index contributed by atoms with van der Waals surface area (Å²) in [6, 6.07) is 2.62. The molecule has 4 heteroatoms. The first-order valence-corrected chi connectivity index (χ1v) is 7.83. The lowest BCUT2D eigenvalue weighted by Gasteiger charge is -2.27. The van der Waals surface area contributed by atoms with Gasteiger partial charge in [0.1, 0.15) is 0 Å². The molecule has 3 rings (SSSR count). The van der Waals surface area contributed by atoms with E-state index < -0.39 is 0 Å². The van der Waals surface area contributed by atoms with Crippen molar-refractivity contribution in [2.24, 2.45) is 0 Å². The van der Waals surface area contributed by atoms with Crippen LogP contribution in [0.5, 0.6) is 0 Å². The predicted octanol–water partition coefficient (Wildman–Crippen LogP) is 2.68. The Bertz CT molecular complexity index is 463. The molecule has 1 aliphatic heterocycles. The van der Waals surface area contributed by atoms with Crippen LogP contribution in [0.2, 0.25) is 0 Å². The second-order valence-electron chi connectivity index (χ2n) is 6.05. The van der Waals surface area contributed by atoms with E-state index in [-0.39, 0.29) is 5.91 Å². The summed E-state index contributed by atoms with van der Waals surface area (Å²) in [4.78, 5) is 17.0. The van der Waals surface area contributed by atoms with Crippen LogP contribution in [0.15, 0.2) is 16.7 Å². The summed E-state index contributed by atoms with van der Waals surface area (Å²) in [7, 11) is 0. The normalized spacial score (nSPS) is 22.1. The van der Waals surface area contributed by atoms with Crippen LogP contribution in [-0.4, -0.2) is 47.9 Å². The molecule has 1 aliphatic carbocycles. The van der Waals surface area contributed by atoms with Crippen LogP contribution in [0.3, 0.4) is 0 Å². The summed E-state index contributed by atoms with van der Waals surface area (Å²) in [5.74, 6) is 0.570. The van der Waals surface area contributed by atoms with Crippen LogP contribution in [0.25, 0.3) is 0 Å². The fraction of sp³-hybridized carbons (Fsp3) is 0.688. The predicted molar refractivity (Wildman–Crippen MR) is 77.8 cm³/mol. The van der Waals surface area contributed by atoms with Crippen LogP contribution in [-0.2, 0) is 0 Å². The highest BCUT2D eigenvalue weighted by atomic mass is 16.3. The molecule has 0 bridgehead atoms. The number of hydrogen-bond acceptors (Lipinski definition) is 3. The van der Waals surface area contributed by atoms with Gasteiger partial charge in [0.2, 0.25) is 0 Å². The number of nitrogens with zero attached hydrogens (tertiary/aromatic N) is 2. The second kappa shape index (κ2) is 6.00. The smallest absolute Gasteiger partial charge is 0.289 e. The molecule has 1 saturated carbocycles. The van der Waals surface area contributed by atoms with Crippen molar-refractivity contribution in [3.05, 3.63) is 23.7 Å². The number of rotatable bonds is 2. The molecule has 20 heavy (non-hydrogen) atoms. The van der Waals surface area contributed by atoms with Gasteiger partial charge in [0.05, 0.1) is 6.26 Å². The van der Waals surface area contributed by atoms with Crippen molar-refractivity contribution in [1.29, 1.82) is 0 Å². The summed E-state index contributed by atoms with van der Waals surface area (Å²) in [5, 5.41) is 0. The van der Waals surface area contributed by atoms with Crippen LogP contribution < -0.4 is 0 Å². The Labute approximate surface area is 120 Å². The van der Waals surface area contributed by atoms with Crippen LogP contribution >= 0.6 is 0 Å². The van der Waals surface area contributed by atoms with Gasteiger partial charge in [-0.15, -0.1) is 0 Å². The van der Waals surface area contributed by atoms with Gasteiger partial charge in [-0.25, -0.2) is 0 Å². The molecule has 1 aromatic rings. The van der Waals surface area contributed by atoms with Gasteiger partial charge in [0.15, 0.2) is 5.76 Å². The Kier molecular flexibility index (Phi) is 4.10. The summed E-state index contributed by atoms with van der Waals surface area (Å²) >= 11 is 0. The van der Waals surface area contributed by atoms with Crippen molar-refractivity contribution in [3.63, 3.8) is 0 Å². The van der Waals surface area contributed by atoms with Crippen molar-refractivity contribution in [2.45, 2.75) is 45.1 Å². The molecule has 0 atom stereocenters. The topological polar surface area (TPSA) is 36.7 Å². The number of aryl methyl sites for hydroxylation is 1. The number of furan rings is 1. The largest absolute Gasteiger partial charge is 0.459 e. The highest BCUT2D eigenvalue weighted by Gasteiger charge is 2.27. The van der Waals surface area contributed by atoms with Gasteiger partial charge < -0.3 is 9.32 Å². The van der Waals surface area contributed by atoms with Gasteiger partial charge in [0.25, 0.3) is 5.91 Å². The maximum absolute atomic E-state index is 12.5. The molecular weight excluding hydrogens is 252 g/mol. The molecule has 1 aromatic heterocycles. The summed E-state index contributed by atoms with van der Waals surface area (Å²) in [6.45, 7) is 5.75. The Morgan fingerprint density at radius 2 is 1.95 bits per heavy atom. The molecule has 0 radical (unpaired) electrons. The zero-order chi connectivity index (χ0) is 13.9. The van der Waals surface area contributed by atoms with Crippen LogP contribution in [0, 0.1) is 6.92 Å². The fourth-order valence-corrected chi connectivity index (χ4v) is 3.51. The fourth-order valence-electron chi connectivity index (χ4n) is 3.51. The molecule has 0 unspecified atom stereocenters. The zero-order valence-corrected chi connectivity index (χ0v) is 12.3. The van der Waals surface area contributed by atoms with E-state index in [9.17, 15) is 4.79 Å². The molecule has 110 valence electrons. The van der Waals surface area contributed by atoms with E-state index in [2.05, 4.69) is 4.90 Å². The first-order valence-electron chi connectivity index (χ1n) is 7.83. The molecule has 0 N–H and O–H groups in total. The van der Waals surface area contributed by atoms with E-state index in [4.69, 9.17) is 4.42 Å². The van der Waals surface area contributed by atoms with E-state index in [1.165, 1.54) is 25.7 Å². The molecule has 1 amide bonds. The van der Waals surface area contributed by atoms with E-state index in [1.54, 1.807) is 6.26 Å². The first-order chi connectivity index (χ1) is 9.75. The minimum Gasteiger partial charge on any atom is -0.459 e. The lowest BCUT2D eigenvalue weighted by Crippen LogP contribution is -2.38. The van der Waals surface area contributed by atoms with Crippen LogP contribution in [0.4, 0.5) is 0 Å². The first kappa shape index (κ1) is 13.7. The summed E-state index contributed by atoms with van der Waals surface area (Å²) in [6.07, 6.45) is 8.09. The summed E-state index contributed by atoms with van der Waals surface area (Å²) < 4.78 is 5.34. The Balaban J connectivity index is 1.62. The highest BCUT2D eigenvalue weighted by Crippen LogP contribution is 2.24. The molecule has 0 aromatic carbocycles. The molecule has 0 spiro atoms. The van der Waals surface area contributed by atoms with Gasteiger partial charge in [-0.2, -0.15) is 0 Å². The number of hydrogen-bond donors (Lipinski definition) is 0. The second-order valence-corrected chi connectivity index (χ2v) is 6.05. The lowest BCUT2D eigenvalue weighted by molar-refractivity contribution is 0.0725. The average Bonchev–Trinajstić information content (AvgIpc) is 3.05. The third-order valence-corrected chi connectivity index (χ3v) is 4.72. The van der Waals surface area contributed by atoms with Gasteiger partial charge in [-0.1, -0.05) is 12.8 Å². The minimum atomic E-state index is 0.0563. The van der Waals surface area contributed by atoms with Gasteiger partial charge in [-0.05, 0) is 32.3 Å². The van der Waals surface area contributed by atoms with Crippen LogP contribution in [0.1, 0.15) is 48.2 Å². The highest BCUT2D eigenvalue weighted by molar-refractivity contribution is 5.92. The van der Waals surface area contributed by atoms with Gasteiger partial charge in [-0.3, -0.25) is 9.69 Å². The van der Waals surface area contributed by atoms with Crippen molar-refractivity contribution in [2.75, 3.05) is 26.2 Å². The summed E-state index contributed by atoms with van der Waals surface area (Å²) in [5.41, 5.74) is 0.937. The molecule has 2 aliphatic rings. The molecule has 2 fully saturated rings. The third-order valence-electron chi connectivity index (χ3n) is 4.72. The lowest BCUT2D eigenvalue weighted by atomic mass is 10.2.